The van der Waals surface area contributed by atoms with Gasteiger partial charge in [-0.2, -0.15) is 0 Å². The number of hydrogen-bond acceptors (Lipinski definition) is 1. The highest BCUT2D eigenvalue weighted by molar-refractivity contribution is 5.24. The third-order valence-electron chi connectivity index (χ3n) is 1.39. The van der Waals surface area contributed by atoms with Crippen LogP contribution in [0.3, 0.4) is 0 Å². The summed E-state index contributed by atoms with van der Waals surface area (Å²) >= 11 is 0. The van der Waals surface area contributed by atoms with Crippen molar-refractivity contribution < 1.29 is 0 Å². The molecular weight excluding hydrogens is 158 g/mol. The van der Waals surface area contributed by atoms with Crippen LogP contribution in [0.5, 0.6) is 0 Å². The lowest BCUT2D eigenvalue weighted by Gasteiger charge is -1.95. The molecule has 2 N–H and O–H groups in total. The molecule has 0 bridgehead atoms. The molecule has 0 heterocycles. The second kappa shape index (κ2) is 11.2. The maximum Gasteiger partial charge on any atom is 0.0172 e. The van der Waals surface area contributed by atoms with Gasteiger partial charge in [-0.05, 0) is 12.0 Å². The lowest BCUT2D eigenvalue weighted by Crippen LogP contribution is -1.98. The fourth-order valence-electron chi connectivity index (χ4n) is 0.708. The summed E-state index contributed by atoms with van der Waals surface area (Å²) in [5.41, 5.74) is 7.44. The van der Waals surface area contributed by atoms with Gasteiger partial charge >= 0.3 is 0 Å². The summed E-state index contributed by atoms with van der Waals surface area (Å²) in [4.78, 5) is 0. The lowest BCUT2D eigenvalue weighted by molar-refractivity contribution is 0.929. The van der Waals surface area contributed by atoms with E-state index in [0.717, 1.165) is 24.0 Å². The van der Waals surface area contributed by atoms with Gasteiger partial charge in [-0.15, -0.1) is 0 Å². The van der Waals surface area contributed by atoms with Crippen molar-refractivity contribution in [3.05, 3.63) is 36.5 Å². The smallest absolute Gasteiger partial charge is 0.0172 e. The van der Waals surface area contributed by atoms with Crippen LogP contribution in [0.1, 0.15) is 33.6 Å². The molecule has 0 fully saturated rings. The highest BCUT2D eigenvalue weighted by Crippen LogP contribution is 2.04. The first-order valence-electron chi connectivity index (χ1n) is 4.94. The molecule has 0 aromatic heterocycles. The molecule has 0 radical (unpaired) electrons. The Morgan fingerprint density at radius 3 is 2.00 bits per heavy atom. The fraction of sp³-hybridized carbons (Fsp3) is 0.500. The molecule has 0 atom stereocenters. The predicted octanol–water partition coefficient (Wildman–Crippen LogP) is 3.44. The summed E-state index contributed by atoms with van der Waals surface area (Å²) in [6, 6.07) is 0. The quantitative estimate of drug-likeness (QED) is 0.646. The van der Waals surface area contributed by atoms with E-state index in [1.165, 1.54) is 0 Å². The van der Waals surface area contributed by atoms with Crippen LogP contribution in [0, 0.1) is 0 Å². The van der Waals surface area contributed by atoms with E-state index in [4.69, 9.17) is 5.73 Å². The number of hydrogen-bond donors (Lipinski definition) is 1. The summed E-state index contributed by atoms with van der Waals surface area (Å²) < 4.78 is 0. The van der Waals surface area contributed by atoms with Gasteiger partial charge in [-0.3, -0.25) is 0 Å². The molecule has 0 amide bonds. The summed E-state index contributed by atoms with van der Waals surface area (Å²) in [5.74, 6) is 0. The molecule has 0 aromatic rings. The van der Waals surface area contributed by atoms with Gasteiger partial charge in [-0.25, -0.2) is 0 Å². The van der Waals surface area contributed by atoms with Crippen molar-refractivity contribution in [1.82, 2.24) is 0 Å². The van der Waals surface area contributed by atoms with E-state index in [1.807, 2.05) is 26.0 Å². The van der Waals surface area contributed by atoms with Crippen LogP contribution in [0.25, 0.3) is 0 Å². The number of rotatable bonds is 5. The Labute approximate surface area is 83.0 Å². The zero-order valence-corrected chi connectivity index (χ0v) is 9.27. The second-order valence-electron chi connectivity index (χ2n) is 2.60. The molecule has 0 unspecified atom stereocenters. The molecule has 0 aliphatic carbocycles. The molecule has 0 aliphatic rings. The Balaban J connectivity index is 0. The zero-order chi connectivity index (χ0) is 10.7. The highest BCUT2D eigenvalue weighted by Gasteiger charge is 1.86. The summed E-state index contributed by atoms with van der Waals surface area (Å²) in [6.45, 7) is 14.3. The van der Waals surface area contributed by atoms with Crippen LogP contribution < -0.4 is 5.73 Å². The van der Waals surface area contributed by atoms with Crippen LogP contribution in [-0.2, 0) is 0 Å². The van der Waals surface area contributed by atoms with E-state index < -0.39 is 0 Å². The summed E-state index contributed by atoms with van der Waals surface area (Å²) in [6.07, 6.45) is 6.10. The molecule has 76 valence electrons. The third-order valence-corrected chi connectivity index (χ3v) is 1.39. The van der Waals surface area contributed by atoms with Gasteiger partial charge in [0, 0.05) is 6.54 Å². The molecule has 13 heavy (non-hydrogen) atoms. The Morgan fingerprint density at radius 2 is 1.62 bits per heavy atom. The normalized spacial score (nSPS) is 9.23. The maximum atomic E-state index is 5.35. The maximum absolute atomic E-state index is 5.35. The van der Waals surface area contributed by atoms with Crippen molar-refractivity contribution in [2.75, 3.05) is 6.54 Å². The van der Waals surface area contributed by atoms with E-state index in [-0.39, 0.29) is 0 Å². The predicted molar refractivity (Wildman–Crippen MR) is 62.7 cm³/mol. The SMILES string of the molecule is C=C(/C=C\C(=C)CCC)CN.CC. The average Bonchev–Trinajstić information content (AvgIpc) is 2.18. The Hall–Kier alpha value is -0.820. The molecule has 0 aliphatic heterocycles. The Kier molecular flexibility index (Phi) is 12.6. The largest absolute Gasteiger partial charge is 0.327 e. The van der Waals surface area contributed by atoms with Crippen molar-refractivity contribution >= 4 is 0 Å². The van der Waals surface area contributed by atoms with Crippen LogP contribution in [-0.4, -0.2) is 6.54 Å². The second-order valence-corrected chi connectivity index (χ2v) is 2.60. The van der Waals surface area contributed by atoms with E-state index in [1.54, 1.807) is 0 Å². The van der Waals surface area contributed by atoms with Crippen LogP contribution >= 0.6 is 0 Å². The van der Waals surface area contributed by atoms with Gasteiger partial charge in [0.15, 0.2) is 0 Å². The van der Waals surface area contributed by atoms with Gasteiger partial charge in [0.2, 0.25) is 0 Å². The minimum absolute atomic E-state index is 0.524. The first kappa shape index (κ1) is 14.7. The minimum atomic E-state index is 0.524. The molecular formula is C12H23N. The first-order chi connectivity index (χ1) is 6.20. The fourth-order valence-corrected chi connectivity index (χ4v) is 0.708. The molecule has 0 aromatic carbocycles. The van der Waals surface area contributed by atoms with E-state index in [9.17, 15) is 0 Å². The minimum Gasteiger partial charge on any atom is -0.327 e. The van der Waals surface area contributed by atoms with Gasteiger partial charge in [0.1, 0.15) is 0 Å². The molecule has 1 nitrogen and oxygen atoms in total. The van der Waals surface area contributed by atoms with Gasteiger partial charge in [0.05, 0.1) is 0 Å². The highest BCUT2D eigenvalue weighted by atomic mass is 14.5. The number of allylic oxidation sites excluding steroid dienone is 2. The summed E-state index contributed by atoms with van der Waals surface area (Å²) in [5, 5.41) is 0. The van der Waals surface area contributed by atoms with E-state index in [0.29, 0.717) is 6.54 Å². The van der Waals surface area contributed by atoms with Crippen molar-refractivity contribution in [2.24, 2.45) is 5.73 Å². The van der Waals surface area contributed by atoms with Crippen molar-refractivity contribution in [3.8, 4) is 0 Å². The molecule has 0 saturated heterocycles. The molecule has 0 rings (SSSR count). The standard InChI is InChI=1S/C10H17N.C2H6/c1-4-5-9(2)6-7-10(3)8-11;1-2/h6-7H,2-5,8,11H2,1H3;1-2H3/b7-6-;. The van der Waals surface area contributed by atoms with Crippen molar-refractivity contribution in [1.29, 1.82) is 0 Å². The van der Waals surface area contributed by atoms with Crippen molar-refractivity contribution in [3.63, 3.8) is 0 Å². The zero-order valence-electron chi connectivity index (χ0n) is 9.27. The van der Waals surface area contributed by atoms with Gasteiger partial charge in [0.25, 0.3) is 0 Å². The van der Waals surface area contributed by atoms with Crippen LogP contribution in [0.15, 0.2) is 36.5 Å². The van der Waals surface area contributed by atoms with Crippen molar-refractivity contribution in [2.45, 2.75) is 33.6 Å². The Bertz CT molecular complexity index is 166. The topological polar surface area (TPSA) is 26.0 Å². The average molecular weight is 181 g/mol. The molecule has 0 saturated carbocycles. The Morgan fingerprint density at radius 1 is 1.15 bits per heavy atom. The summed E-state index contributed by atoms with van der Waals surface area (Å²) in [7, 11) is 0. The van der Waals surface area contributed by atoms with Gasteiger partial charge in [-0.1, -0.05) is 58.1 Å². The third kappa shape index (κ3) is 11.2. The van der Waals surface area contributed by atoms with Crippen LogP contribution in [0.4, 0.5) is 0 Å². The van der Waals surface area contributed by atoms with E-state index >= 15 is 0 Å². The van der Waals surface area contributed by atoms with Gasteiger partial charge < -0.3 is 5.73 Å². The first-order valence-corrected chi connectivity index (χ1v) is 4.94. The number of nitrogens with two attached hydrogens (primary N) is 1. The lowest BCUT2D eigenvalue weighted by atomic mass is 10.1. The van der Waals surface area contributed by atoms with E-state index in [2.05, 4.69) is 20.1 Å². The monoisotopic (exact) mass is 181 g/mol. The molecule has 0 spiro atoms. The van der Waals surface area contributed by atoms with Crippen LogP contribution in [0.2, 0.25) is 0 Å². The molecule has 1 heteroatoms.